The molecule has 2 rings (SSSR count). The largest absolute Gasteiger partial charge is 0.140 e. The summed E-state index contributed by atoms with van der Waals surface area (Å²) in [5, 5.41) is 1.35. The van der Waals surface area contributed by atoms with Crippen molar-refractivity contribution in [2.45, 2.75) is 6.92 Å². The van der Waals surface area contributed by atoms with Crippen molar-refractivity contribution in [3.8, 4) is 0 Å². The fourth-order valence-electron chi connectivity index (χ4n) is 1.14. The number of fused-ring (bicyclic) bond motifs is 1. The first kappa shape index (κ1) is 6.86. The van der Waals surface area contributed by atoms with Crippen LogP contribution in [0.15, 0.2) is 30.3 Å². The first-order valence-corrected chi connectivity index (χ1v) is 4.50. The van der Waals surface area contributed by atoms with Gasteiger partial charge in [-0.3, -0.25) is 0 Å². The molecule has 0 fully saturated rings. The molecule has 0 saturated heterocycles. The van der Waals surface area contributed by atoms with E-state index >= 15 is 0 Å². The lowest BCUT2D eigenvalue weighted by atomic mass is 10.2. The average molecular weight is 161 g/mol. The van der Waals surface area contributed by atoms with E-state index in [4.69, 9.17) is 0 Å². The number of hydrogen-bond acceptors (Lipinski definition) is 1. The molecule has 0 nitrogen and oxygen atoms in total. The topological polar surface area (TPSA) is 0 Å². The molecule has 11 heavy (non-hydrogen) atoms. The van der Waals surface area contributed by atoms with E-state index < -0.39 is 0 Å². The van der Waals surface area contributed by atoms with E-state index in [-0.39, 0.29) is 0 Å². The Balaban J connectivity index is 2.69. The van der Waals surface area contributed by atoms with Gasteiger partial charge in [0, 0.05) is 9.58 Å². The normalized spacial score (nSPS) is 10.6. The molecule has 1 heterocycles. The standard InChI is InChI=1S/C10H9S/c1-2-9-7-8-5-3-4-6-10(8)11-9/h2-7H,1H3. The highest BCUT2D eigenvalue weighted by atomic mass is 32.1. The molecule has 0 atom stereocenters. The lowest BCUT2D eigenvalue weighted by Crippen LogP contribution is -1.60. The molecule has 0 N–H and O–H groups in total. The molecule has 0 amide bonds. The number of thiophene rings is 1. The molecule has 1 aromatic heterocycles. The van der Waals surface area contributed by atoms with Crippen LogP contribution in [-0.2, 0) is 0 Å². The highest BCUT2D eigenvalue weighted by Gasteiger charge is 1.97. The van der Waals surface area contributed by atoms with Gasteiger partial charge in [0.25, 0.3) is 0 Å². The maximum atomic E-state index is 2.22. The van der Waals surface area contributed by atoms with Gasteiger partial charge < -0.3 is 0 Å². The van der Waals surface area contributed by atoms with Crippen LogP contribution in [0.4, 0.5) is 0 Å². The zero-order chi connectivity index (χ0) is 7.68. The van der Waals surface area contributed by atoms with Gasteiger partial charge in [-0.1, -0.05) is 25.1 Å². The van der Waals surface area contributed by atoms with Crippen molar-refractivity contribution in [3.63, 3.8) is 0 Å². The second kappa shape index (κ2) is 2.67. The Morgan fingerprint density at radius 1 is 1.27 bits per heavy atom. The maximum Gasteiger partial charge on any atom is 0.0345 e. The van der Waals surface area contributed by atoms with Crippen LogP contribution in [0.1, 0.15) is 11.8 Å². The molecule has 55 valence electrons. The molecule has 1 aromatic carbocycles. The Bertz CT molecular complexity index is 327. The third kappa shape index (κ3) is 1.16. The Hall–Kier alpha value is -0.820. The van der Waals surface area contributed by atoms with Gasteiger partial charge in [-0.05, 0) is 23.9 Å². The van der Waals surface area contributed by atoms with Crippen LogP contribution in [0.25, 0.3) is 10.1 Å². The fraction of sp³-hybridized carbons (Fsp3) is 0.100. The number of benzene rings is 1. The summed E-state index contributed by atoms with van der Waals surface area (Å²) < 4.78 is 1.38. The van der Waals surface area contributed by atoms with Gasteiger partial charge in [-0.25, -0.2) is 0 Å². The van der Waals surface area contributed by atoms with Gasteiger partial charge in [-0.15, -0.1) is 11.3 Å². The van der Waals surface area contributed by atoms with Gasteiger partial charge in [0.2, 0.25) is 0 Å². The van der Waals surface area contributed by atoms with E-state index in [2.05, 4.69) is 43.7 Å². The van der Waals surface area contributed by atoms with Crippen LogP contribution in [0.5, 0.6) is 0 Å². The summed E-state index contributed by atoms with van der Waals surface area (Å²) in [6.07, 6.45) is 2.14. The summed E-state index contributed by atoms with van der Waals surface area (Å²) in [5.41, 5.74) is 0. The van der Waals surface area contributed by atoms with Crippen LogP contribution >= 0.6 is 11.3 Å². The molecular formula is C10H9S. The number of hydrogen-bond donors (Lipinski definition) is 0. The second-order valence-corrected chi connectivity index (χ2v) is 3.59. The molecule has 2 aromatic rings. The van der Waals surface area contributed by atoms with Crippen LogP contribution in [0.2, 0.25) is 0 Å². The SMILES string of the molecule is C[CH]c1cc2ccccc2s1. The van der Waals surface area contributed by atoms with E-state index in [1.807, 2.05) is 11.3 Å². The molecule has 0 spiro atoms. The van der Waals surface area contributed by atoms with E-state index in [9.17, 15) is 0 Å². The molecule has 0 unspecified atom stereocenters. The summed E-state index contributed by atoms with van der Waals surface area (Å²) in [6.45, 7) is 2.07. The van der Waals surface area contributed by atoms with Crippen molar-refractivity contribution in [2.24, 2.45) is 0 Å². The maximum absolute atomic E-state index is 2.22. The van der Waals surface area contributed by atoms with E-state index in [0.717, 1.165) is 0 Å². The molecule has 0 aliphatic heterocycles. The molecule has 1 radical (unpaired) electrons. The monoisotopic (exact) mass is 161 g/mol. The molecular weight excluding hydrogens is 152 g/mol. The van der Waals surface area contributed by atoms with E-state index in [1.54, 1.807) is 0 Å². The molecule has 0 bridgehead atoms. The second-order valence-electron chi connectivity index (χ2n) is 2.48. The molecule has 0 aliphatic rings. The lowest BCUT2D eigenvalue weighted by molar-refractivity contribution is 1.52. The van der Waals surface area contributed by atoms with E-state index in [0.29, 0.717) is 0 Å². The van der Waals surface area contributed by atoms with E-state index in [1.165, 1.54) is 15.0 Å². The zero-order valence-corrected chi connectivity index (χ0v) is 7.19. The van der Waals surface area contributed by atoms with Crippen molar-refractivity contribution in [3.05, 3.63) is 41.6 Å². The summed E-state index contributed by atoms with van der Waals surface area (Å²) in [7, 11) is 0. The Labute approximate surface area is 70.5 Å². The molecule has 1 heteroatoms. The Morgan fingerprint density at radius 2 is 2.09 bits per heavy atom. The van der Waals surface area contributed by atoms with Crippen molar-refractivity contribution in [2.75, 3.05) is 0 Å². The van der Waals surface area contributed by atoms with Crippen LogP contribution in [0, 0.1) is 6.42 Å². The third-order valence-corrected chi connectivity index (χ3v) is 2.91. The first-order chi connectivity index (χ1) is 5.40. The third-order valence-electron chi connectivity index (χ3n) is 1.73. The summed E-state index contributed by atoms with van der Waals surface area (Å²) in [6, 6.07) is 10.7. The summed E-state index contributed by atoms with van der Waals surface area (Å²) in [5.74, 6) is 0. The number of rotatable bonds is 1. The quantitative estimate of drug-likeness (QED) is 0.600. The predicted octanol–water partition coefficient (Wildman–Crippen LogP) is 3.47. The highest BCUT2D eigenvalue weighted by Crippen LogP contribution is 2.25. The summed E-state index contributed by atoms with van der Waals surface area (Å²) in [4.78, 5) is 1.35. The van der Waals surface area contributed by atoms with Gasteiger partial charge in [-0.2, -0.15) is 0 Å². The van der Waals surface area contributed by atoms with Crippen molar-refractivity contribution >= 4 is 21.4 Å². The minimum atomic E-state index is 1.35. The zero-order valence-electron chi connectivity index (χ0n) is 6.37. The Kier molecular flexibility index (Phi) is 1.66. The van der Waals surface area contributed by atoms with Gasteiger partial charge in [0.05, 0.1) is 0 Å². The van der Waals surface area contributed by atoms with Crippen molar-refractivity contribution < 1.29 is 0 Å². The van der Waals surface area contributed by atoms with Crippen molar-refractivity contribution in [1.82, 2.24) is 0 Å². The Morgan fingerprint density at radius 3 is 2.82 bits per heavy atom. The van der Waals surface area contributed by atoms with Crippen molar-refractivity contribution in [1.29, 1.82) is 0 Å². The minimum absolute atomic E-state index is 1.35. The smallest absolute Gasteiger partial charge is 0.0345 e. The van der Waals surface area contributed by atoms with Gasteiger partial charge >= 0.3 is 0 Å². The minimum Gasteiger partial charge on any atom is -0.140 e. The van der Waals surface area contributed by atoms with Crippen LogP contribution in [0.3, 0.4) is 0 Å². The van der Waals surface area contributed by atoms with Crippen LogP contribution < -0.4 is 0 Å². The lowest BCUT2D eigenvalue weighted by Gasteiger charge is -1.82. The molecule has 0 saturated carbocycles. The first-order valence-electron chi connectivity index (χ1n) is 3.68. The fourth-order valence-corrected chi connectivity index (χ4v) is 2.09. The highest BCUT2D eigenvalue weighted by molar-refractivity contribution is 7.19. The van der Waals surface area contributed by atoms with Gasteiger partial charge in [0.1, 0.15) is 0 Å². The van der Waals surface area contributed by atoms with Gasteiger partial charge in [0.15, 0.2) is 0 Å². The summed E-state index contributed by atoms with van der Waals surface area (Å²) >= 11 is 1.84. The van der Waals surface area contributed by atoms with Crippen LogP contribution in [-0.4, -0.2) is 0 Å². The average Bonchev–Trinajstić information content (AvgIpc) is 2.46. The predicted molar refractivity (Wildman–Crippen MR) is 50.9 cm³/mol. The molecule has 0 aliphatic carbocycles.